The van der Waals surface area contributed by atoms with Crippen molar-refractivity contribution in [3.63, 3.8) is 0 Å². The van der Waals surface area contributed by atoms with Gasteiger partial charge >= 0.3 is 19.8 Å². The SMILES string of the molecule is CC/C=C\C/C=C\C/C=C\C/C=C\C/C=C\C/C=C\C/C=C\C/C=C\CCCCCCC(=O)OC(COC(=O)CCCCCCCCCCCCCCCCCCCCCCCCCCCCC/C=C\C/C=C\CCCCCCC)COP(=O)(O)OCC[N+](C)(C)C. The second kappa shape index (κ2) is 71.7. The quantitative estimate of drug-likeness (QED) is 0.0211. The maximum atomic E-state index is 12.9. The van der Waals surface area contributed by atoms with E-state index in [1.54, 1.807) is 0 Å². The summed E-state index contributed by atoms with van der Waals surface area (Å²) in [4.78, 5) is 35.9. The number of carbonyl (C=O) groups excluding carboxylic acids is 2. The predicted molar refractivity (Wildman–Crippen MR) is 399 cm³/mol. The third-order valence-electron chi connectivity index (χ3n) is 16.5. The zero-order valence-electron chi connectivity index (χ0n) is 60.5. The van der Waals surface area contributed by atoms with Gasteiger partial charge in [0, 0.05) is 12.8 Å². The number of likely N-dealkylation sites (N-methyl/N-ethyl adjacent to an activating group) is 1. The highest BCUT2D eigenvalue weighted by Crippen LogP contribution is 2.43. The van der Waals surface area contributed by atoms with Crippen LogP contribution in [0.5, 0.6) is 0 Å². The molecule has 0 aromatic carbocycles. The first kappa shape index (κ1) is 88.4. The molecule has 0 rings (SSSR count). The minimum Gasteiger partial charge on any atom is -0.462 e. The number of unbranched alkanes of at least 4 members (excludes halogenated alkanes) is 36. The number of carbonyl (C=O) groups is 2. The summed E-state index contributed by atoms with van der Waals surface area (Å²) in [6.45, 7) is 4.30. The highest BCUT2D eigenvalue weighted by Gasteiger charge is 2.27. The summed E-state index contributed by atoms with van der Waals surface area (Å²) in [6.07, 6.45) is 103. The van der Waals surface area contributed by atoms with E-state index in [9.17, 15) is 19.0 Å². The Kier molecular flexibility index (Phi) is 68.9. The van der Waals surface area contributed by atoms with Gasteiger partial charge in [0.25, 0.3) is 0 Å². The second-order valence-electron chi connectivity index (χ2n) is 26.7. The average molecular weight is 1300 g/mol. The molecule has 0 bridgehead atoms. The van der Waals surface area contributed by atoms with Crippen LogP contribution in [0.25, 0.3) is 0 Å². The van der Waals surface area contributed by atoms with E-state index < -0.39 is 26.5 Å². The first-order valence-corrected chi connectivity index (χ1v) is 39.8. The number of ether oxygens (including phenoxy) is 2. The van der Waals surface area contributed by atoms with E-state index in [4.69, 9.17) is 18.5 Å². The number of nitrogens with zero attached hydrogens (tertiary/aromatic N) is 1. The summed E-state index contributed by atoms with van der Waals surface area (Å²) in [7, 11) is 1.45. The van der Waals surface area contributed by atoms with Crippen LogP contribution in [0, 0.1) is 0 Å². The maximum absolute atomic E-state index is 12.9. The van der Waals surface area contributed by atoms with Gasteiger partial charge in [0.1, 0.15) is 19.8 Å². The van der Waals surface area contributed by atoms with Gasteiger partial charge in [-0.3, -0.25) is 18.6 Å². The van der Waals surface area contributed by atoms with Crippen LogP contribution in [-0.2, 0) is 32.7 Å². The van der Waals surface area contributed by atoms with Gasteiger partial charge in [0.15, 0.2) is 6.10 Å². The fourth-order valence-corrected chi connectivity index (χ4v) is 11.4. The Bertz CT molecular complexity index is 1970. The third kappa shape index (κ3) is 75.4. The molecule has 0 aromatic heterocycles. The first-order chi connectivity index (χ1) is 45.0. The van der Waals surface area contributed by atoms with Crippen molar-refractivity contribution in [3.05, 3.63) is 122 Å². The lowest BCUT2D eigenvalue weighted by Crippen LogP contribution is -2.37. The third-order valence-corrected chi connectivity index (χ3v) is 17.5. The molecule has 1 N–H and O–H groups in total. The van der Waals surface area contributed by atoms with E-state index in [0.29, 0.717) is 17.4 Å². The van der Waals surface area contributed by atoms with Crippen molar-refractivity contribution in [3.8, 4) is 0 Å². The Morgan fingerprint density at radius 1 is 0.348 bits per heavy atom. The lowest BCUT2D eigenvalue weighted by atomic mass is 10.0. The number of allylic oxidation sites excluding steroid dienone is 20. The smallest absolute Gasteiger partial charge is 0.462 e. The molecule has 2 unspecified atom stereocenters. The van der Waals surface area contributed by atoms with Crippen LogP contribution in [-0.4, -0.2) is 74.9 Å². The van der Waals surface area contributed by atoms with Gasteiger partial charge in [-0.15, -0.1) is 0 Å². The van der Waals surface area contributed by atoms with E-state index in [1.807, 2.05) is 21.1 Å². The number of esters is 2. The Hall–Kier alpha value is -3.59. The van der Waals surface area contributed by atoms with Crippen LogP contribution in [0.3, 0.4) is 0 Å². The van der Waals surface area contributed by atoms with Crippen molar-refractivity contribution in [1.29, 1.82) is 0 Å². The molecule has 0 amide bonds. The Labute approximate surface area is 568 Å². The minimum absolute atomic E-state index is 0.0217. The highest BCUT2D eigenvalue weighted by atomic mass is 31.2. The molecule has 0 aromatic rings. The molecule has 0 aliphatic carbocycles. The normalized spacial score (nSPS) is 13.8. The zero-order valence-corrected chi connectivity index (χ0v) is 61.4. The molecule has 10 heteroatoms. The molecule has 92 heavy (non-hydrogen) atoms. The van der Waals surface area contributed by atoms with Crippen molar-refractivity contribution in [2.75, 3.05) is 47.5 Å². The number of rotatable bonds is 70. The van der Waals surface area contributed by atoms with Crippen molar-refractivity contribution in [1.82, 2.24) is 0 Å². The molecule has 2 atom stereocenters. The van der Waals surface area contributed by atoms with Crippen molar-refractivity contribution in [2.45, 2.75) is 341 Å². The number of quaternary nitrogens is 1. The van der Waals surface area contributed by atoms with E-state index in [2.05, 4.69) is 135 Å². The second-order valence-corrected chi connectivity index (χ2v) is 28.1. The maximum Gasteiger partial charge on any atom is 0.472 e. The molecule has 0 saturated carbocycles. The minimum atomic E-state index is -4.41. The summed E-state index contributed by atoms with van der Waals surface area (Å²) >= 11 is 0. The van der Waals surface area contributed by atoms with Gasteiger partial charge in [-0.25, -0.2) is 4.57 Å². The van der Waals surface area contributed by atoms with Crippen LogP contribution < -0.4 is 0 Å². The summed E-state index contributed by atoms with van der Waals surface area (Å²) in [6, 6.07) is 0. The van der Waals surface area contributed by atoms with E-state index in [0.717, 1.165) is 103 Å². The fourth-order valence-electron chi connectivity index (χ4n) is 10.7. The van der Waals surface area contributed by atoms with E-state index in [-0.39, 0.29) is 32.0 Å². The first-order valence-electron chi connectivity index (χ1n) is 38.3. The number of phosphoric acid groups is 1. The Balaban J connectivity index is 4.01. The van der Waals surface area contributed by atoms with Crippen LogP contribution >= 0.6 is 7.82 Å². The highest BCUT2D eigenvalue weighted by molar-refractivity contribution is 7.47. The molecule has 0 spiro atoms. The summed E-state index contributed by atoms with van der Waals surface area (Å²) < 4.78 is 34.7. The molecule has 0 radical (unpaired) electrons. The number of hydrogen-bond acceptors (Lipinski definition) is 7. The van der Waals surface area contributed by atoms with Gasteiger partial charge < -0.3 is 18.9 Å². The predicted octanol–water partition coefficient (Wildman–Crippen LogP) is 25.4. The van der Waals surface area contributed by atoms with Crippen LogP contribution in [0.4, 0.5) is 0 Å². The average Bonchev–Trinajstić information content (AvgIpc) is 2.14. The largest absolute Gasteiger partial charge is 0.472 e. The van der Waals surface area contributed by atoms with Crippen molar-refractivity contribution < 1.29 is 42.1 Å². The molecule has 0 saturated heterocycles. The molecule has 530 valence electrons. The topological polar surface area (TPSA) is 108 Å². The lowest BCUT2D eigenvalue weighted by molar-refractivity contribution is -0.870. The summed E-state index contributed by atoms with van der Waals surface area (Å²) in [5.74, 6) is -0.822. The Morgan fingerprint density at radius 3 is 0.924 bits per heavy atom. The molecular formula is C82H145NO8P+. The Morgan fingerprint density at radius 2 is 0.620 bits per heavy atom. The van der Waals surface area contributed by atoms with Crippen LogP contribution in [0.2, 0.25) is 0 Å². The molecule has 0 aliphatic heterocycles. The van der Waals surface area contributed by atoms with Crippen molar-refractivity contribution in [2.24, 2.45) is 0 Å². The lowest BCUT2D eigenvalue weighted by Gasteiger charge is -2.24. The van der Waals surface area contributed by atoms with Gasteiger partial charge in [0.05, 0.1) is 27.7 Å². The van der Waals surface area contributed by atoms with Gasteiger partial charge in [0.2, 0.25) is 0 Å². The monoisotopic (exact) mass is 1300 g/mol. The van der Waals surface area contributed by atoms with E-state index in [1.165, 1.54) is 199 Å². The molecule has 0 fully saturated rings. The number of hydrogen-bond donors (Lipinski definition) is 1. The summed E-state index contributed by atoms with van der Waals surface area (Å²) in [5, 5.41) is 0. The van der Waals surface area contributed by atoms with Gasteiger partial charge in [-0.1, -0.05) is 334 Å². The van der Waals surface area contributed by atoms with E-state index >= 15 is 0 Å². The molecule has 0 aliphatic rings. The number of phosphoric ester groups is 1. The van der Waals surface area contributed by atoms with Crippen molar-refractivity contribution >= 4 is 19.8 Å². The van der Waals surface area contributed by atoms with Gasteiger partial charge in [-0.05, 0) is 109 Å². The fraction of sp³-hybridized carbons (Fsp3) is 0.732. The molecule has 0 heterocycles. The summed E-state index contributed by atoms with van der Waals surface area (Å²) in [5.41, 5.74) is 0. The zero-order chi connectivity index (χ0) is 66.9. The molecule has 9 nitrogen and oxygen atoms in total. The molecular weight excluding hydrogens is 1160 g/mol. The van der Waals surface area contributed by atoms with Crippen LogP contribution in [0.15, 0.2) is 122 Å². The standard InChI is InChI=1S/C82H144NO8P/c1-6-8-10-12-14-16-18-20-22-24-26-28-30-32-34-36-37-38-39-40-41-42-43-44-45-47-48-50-52-54-56-58-60-62-64-66-68-70-72-74-81(84)88-78-80(79-90-92(86,87)89-77-76-83(3,4)5)91-82(85)75-73-71-69-67-65-63-61-59-57-55-53-51-49-46-35-33-31-29-27-25-23-21-19-17-15-13-11-9-7-2/h9,11,15,17-18,20-21,23-24,26-27,29,33,35,49,51,55,57,61,63,80H,6-8,10,12-14,16,19,22,25,28,30-32,34,36-48,50,52-54,56,58-60,62,64-79H2,1-5H3/p+1/b11-9-,17-15-,20-18-,23-21-,26-24-,29-27-,35-33-,51-49-,57-55-,63-61-. The van der Waals surface area contributed by atoms with Gasteiger partial charge in [-0.2, -0.15) is 0 Å². The van der Waals surface area contributed by atoms with Crippen LogP contribution in [0.1, 0.15) is 335 Å².